The Morgan fingerprint density at radius 2 is 0.660 bits per heavy atom. The minimum absolute atomic E-state index is 0.0654. The van der Waals surface area contributed by atoms with Gasteiger partial charge in [0.1, 0.15) is 13.2 Å². The zero-order valence-electron chi connectivity index (χ0n) is 36.0. The lowest BCUT2D eigenvalue weighted by atomic mass is 9.99. The van der Waals surface area contributed by atoms with Gasteiger partial charge < -0.3 is 14.2 Å². The maximum absolute atomic E-state index is 12.5. The average Bonchev–Trinajstić information content (AvgIpc) is 3.15. The van der Waals surface area contributed by atoms with Crippen LogP contribution in [0.5, 0.6) is 0 Å². The second-order valence-corrected chi connectivity index (χ2v) is 16.3. The molecule has 0 amide bonds. The molecular formula is C47H90O6. The van der Waals surface area contributed by atoms with Gasteiger partial charge in [0.15, 0.2) is 6.10 Å². The van der Waals surface area contributed by atoms with Crippen molar-refractivity contribution in [2.24, 2.45) is 5.92 Å². The first-order chi connectivity index (χ1) is 25.9. The lowest BCUT2D eigenvalue weighted by Crippen LogP contribution is -2.30. The third-order valence-corrected chi connectivity index (χ3v) is 10.9. The Morgan fingerprint density at radius 3 is 0.981 bits per heavy atom. The van der Waals surface area contributed by atoms with E-state index < -0.39 is 6.10 Å². The van der Waals surface area contributed by atoms with Crippen LogP contribution in [-0.2, 0) is 28.6 Å². The Labute approximate surface area is 329 Å². The van der Waals surface area contributed by atoms with Gasteiger partial charge in [-0.3, -0.25) is 14.4 Å². The van der Waals surface area contributed by atoms with E-state index in [1.807, 2.05) is 0 Å². The van der Waals surface area contributed by atoms with Crippen molar-refractivity contribution in [3.63, 3.8) is 0 Å². The van der Waals surface area contributed by atoms with Crippen molar-refractivity contribution in [1.82, 2.24) is 0 Å². The lowest BCUT2D eigenvalue weighted by Gasteiger charge is -2.18. The first-order valence-corrected chi connectivity index (χ1v) is 23.4. The van der Waals surface area contributed by atoms with Crippen LogP contribution in [0.1, 0.15) is 259 Å². The molecule has 0 rings (SSSR count). The van der Waals surface area contributed by atoms with Gasteiger partial charge in [-0.25, -0.2) is 0 Å². The highest BCUT2D eigenvalue weighted by atomic mass is 16.6. The second-order valence-electron chi connectivity index (χ2n) is 16.3. The minimum Gasteiger partial charge on any atom is -0.462 e. The molecule has 0 N–H and O–H groups in total. The summed E-state index contributed by atoms with van der Waals surface area (Å²) in [6, 6.07) is 0. The van der Waals surface area contributed by atoms with Gasteiger partial charge >= 0.3 is 17.9 Å². The van der Waals surface area contributed by atoms with E-state index in [4.69, 9.17) is 14.2 Å². The molecule has 0 aromatic rings. The molecule has 0 fully saturated rings. The maximum Gasteiger partial charge on any atom is 0.306 e. The highest BCUT2D eigenvalue weighted by Gasteiger charge is 2.19. The van der Waals surface area contributed by atoms with E-state index in [9.17, 15) is 14.4 Å². The van der Waals surface area contributed by atoms with Gasteiger partial charge in [-0.2, -0.15) is 0 Å². The number of unbranched alkanes of at least 4 members (excludes halogenated alkanes) is 28. The monoisotopic (exact) mass is 751 g/mol. The molecular weight excluding hydrogens is 661 g/mol. The zero-order chi connectivity index (χ0) is 38.9. The second kappa shape index (κ2) is 41.6. The summed E-state index contributed by atoms with van der Waals surface area (Å²) in [6.45, 7) is 8.93. The lowest BCUT2D eigenvalue weighted by molar-refractivity contribution is -0.167. The number of hydrogen-bond acceptors (Lipinski definition) is 6. The normalized spacial score (nSPS) is 12.5. The van der Waals surface area contributed by atoms with Crippen LogP contribution in [0.4, 0.5) is 0 Å². The van der Waals surface area contributed by atoms with Crippen molar-refractivity contribution in [2.75, 3.05) is 13.2 Å². The SMILES string of the molecule is CCCCCCCCCCCCCCCCCCCCC(=O)OC[C@H](COC(=O)CCCCCCCCCCC(C)CC)OC(=O)CCCCCCC. The fourth-order valence-electron chi connectivity index (χ4n) is 6.95. The van der Waals surface area contributed by atoms with Crippen LogP contribution in [0.3, 0.4) is 0 Å². The molecule has 314 valence electrons. The van der Waals surface area contributed by atoms with E-state index in [0.29, 0.717) is 19.3 Å². The van der Waals surface area contributed by atoms with E-state index in [0.717, 1.165) is 70.1 Å². The summed E-state index contributed by atoms with van der Waals surface area (Å²) in [5.41, 5.74) is 0. The highest BCUT2D eigenvalue weighted by molar-refractivity contribution is 5.71. The number of esters is 3. The Kier molecular flexibility index (Phi) is 40.3. The van der Waals surface area contributed by atoms with Crippen LogP contribution in [0.25, 0.3) is 0 Å². The predicted molar refractivity (Wildman–Crippen MR) is 224 cm³/mol. The van der Waals surface area contributed by atoms with Crippen molar-refractivity contribution in [1.29, 1.82) is 0 Å². The van der Waals surface area contributed by atoms with Crippen LogP contribution >= 0.6 is 0 Å². The summed E-state index contributed by atoms with van der Waals surface area (Å²) < 4.78 is 16.6. The first-order valence-electron chi connectivity index (χ1n) is 23.4. The molecule has 0 aliphatic carbocycles. The molecule has 2 atom stereocenters. The molecule has 53 heavy (non-hydrogen) atoms. The molecule has 0 saturated carbocycles. The number of carbonyl (C=O) groups excluding carboxylic acids is 3. The molecule has 0 aromatic carbocycles. The van der Waals surface area contributed by atoms with E-state index in [2.05, 4.69) is 27.7 Å². The maximum atomic E-state index is 12.5. The van der Waals surface area contributed by atoms with Gasteiger partial charge in [-0.1, -0.05) is 220 Å². The van der Waals surface area contributed by atoms with Crippen molar-refractivity contribution in [3.05, 3.63) is 0 Å². The summed E-state index contributed by atoms with van der Waals surface area (Å²) in [5, 5.41) is 0. The van der Waals surface area contributed by atoms with E-state index in [1.54, 1.807) is 0 Å². The van der Waals surface area contributed by atoms with Gasteiger partial charge in [0.25, 0.3) is 0 Å². The van der Waals surface area contributed by atoms with E-state index in [-0.39, 0.29) is 31.1 Å². The van der Waals surface area contributed by atoms with Gasteiger partial charge in [-0.15, -0.1) is 0 Å². The number of hydrogen-bond donors (Lipinski definition) is 0. The number of carbonyl (C=O) groups is 3. The van der Waals surface area contributed by atoms with Crippen LogP contribution in [0.15, 0.2) is 0 Å². The average molecular weight is 751 g/mol. The van der Waals surface area contributed by atoms with Gasteiger partial charge in [0.05, 0.1) is 0 Å². The molecule has 0 aliphatic rings. The predicted octanol–water partition coefficient (Wildman–Crippen LogP) is 14.7. The summed E-state index contributed by atoms with van der Waals surface area (Å²) in [4.78, 5) is 37.5. The summed E-state index contributed by atoms with van der Waals surface area (Å²) in [5.74, 6) is -0.0210. The van der Waals surface area contributed by atoms with Crippen molar-refractivity contribution < 1.29 is 28.6 Å². The van der Waals surface area contributed by atoms with Gasteiger partial charge in [0, 0.05) is 19.3 Å². The van der Waals surface area contributed by atoms with E-state index >= 15 is 0 Å². The smallest absolute Gasteiger partial charge is 0.306 e. The van der Waals surface area contributed by atoms with Crippen molar-refractivity contribution in [3.8, 4) is 0 Å². The fourth-order valence-corrected chi connectivity index (χ4v) is 6.95. The molecule has 0 saturated heterocycles. The Hall–Kier alpha value is -1.59. The fraction of sp³-hybridized carbons (Fsp3) is 0.936. The molecule has 0 bridgehead atoms. The molecule has 0 radical (unpaired) electrons. The Morgan fingerprint density at radius 1 is 0.377 bits per heavy atom. The summed E-state index contributed by atoms with van der Waals surface area (Å²) in [7, 11) is 0. The molecule has 0 aromatic heterocycles. The molecule has 0 heterocycles. The quantitative estimate of drug-likeness (QED) is 0.0351. The Bertz CT molecular complexity index is 798. The number of ether oxygens (including phenoxy) is 3. The standard InChI is InChI=1S/C47H90O6/c1-5-8-10-12-13-14-15-16-17-18-19-20-21-22-23-27-31-34-38-45(48)51-41-44(53-47(50)40-36-29-11-9-6-2)42-52-46(49)39-35-32-28-25-24-26-30-33-37-43(4)7-3/h43-44H,5-42H2,1-4H3/t43?,44-/m1/s1. The summed E-state index contributed by atoms with van der Waals surface area (Å²) in [6.07, 6.45) is 41.2. The molecule has 6 nitrogen and oxygen atoms in total. The summed E-state index contributed by atoms with van der Waals surface area (Å²) >= 11 is 0. The van der Waals surface area contributed by atoms with Crippen LogP contribution in [0, 0.1) is 5.92 Å². The van der Waals surface area contributed by atoms with Gasteiger partial charge in [0.2, 0.25) is 0 Å². The van der Waals surface area contributed by atoms with Crippen molar-refractivity contribution in [2.45, 2.75) is 265 Å². The van der Waals surface area contributed by atoms with E-state index in [1.165, 1.54) is 148 Å². The molecule has 0 aliphatic heterocycles. The third-order valence-electron chi connectivity index (χ3n) is 10.9. The molecule has 1 unspecified atom stereocenters. The minimum atomic E-state index is -0.758. The van der Waals surface area contributed by atoms with Crippen LogP contribution in [0.2, 0.25) is 0 Å². The van der Waals surface area contributed by atoms with Crippen molar-refractivity contribution >= 4 is 17.9 Å². The molecule has 0 spiro atoms. The van der Waals surface area contributed by atoms with Gasteiger partial charge in [-0.05, 0) is 25.2 Å². The third kappa shape index (κ3) is 39.9. The first kappa shape index (κ1) is 51.4. The molecule has 6 heteroatoms. The van der Waals surface area contributed by atoms with Crippen LogP contribution in [-0.4, -0.2) is 37.2 Å². The zero-order valence-corrected chi connectivity index (χ0v) is 36.0. The Balaban J connectivity index is 4.09. The highest BCUT2D eigenvalue weighted by Crippen LogP contribution is 2.17. The van der Waals surface area contributed by atoms with Crippen LogP contribution < -0.4 is 0 Å². The largest absolute Gasteiger partial charge is 0.462 e. The topological polar surface area (TPSA) is 78.9 Å². The number of rotatable bonds is 42.